The van der Waals surface area contributed by atoms with Crippen molar-refractivity contribution in [1.29, 1.82) is 0 Å². The average Bonchev–Trinajstić information content (AvgIpc) is 3.21. The molecule has 3 aliphatic rings. The number of epoxide rings is 1. The van der Waals surface area contributed by atoms with Crippen LogP contribution in [0.25, 0.3) is 0 Å². The van der Waals surface area contributed by atoms with Crippen LogP contribution in [-0.2, 0) is 42.9 Å². The summed E-state index contributed by atoms with van der Waals surface area (Å²) in [6, 6.07) is 0. The van der Waals surface area contributed by atoms with E-state index in [0.717, 1.165) is 6.42 Å². The number of hydrogen-bond donors (Lipinski definition) is 0. The molecule has 9 nitrogen and oxygen atoms in total. The topological polar surface area (TPSA) is 118 Å². The number of carbonyl (C=O) groups is 4. The van der Waals surface area contributed by atoms with Gasteiger partial charge in [-0.1, -0.05) is 6.92 Å². The Hall–Kier alpha value is -2.42. The van der Waals surface area contributed by atoms with E-state index in [9.17, 15) is 19.2 Å². The third-order valence-corrected chi connectivity index (χ3v) is 5.86. The molecular formula is C21H28O9. The van der Waals surface area contributed by atoms with E-state index in [1.807, 2.05) is 6.92 Å². The van der Waals surface area contributed by atoms with E-state index in [1.165, 1.54) is 20.8 Å². The van der Waals surface area contributed by atoms with Crippen LogP contribution in [0.5, 0.6) is 0 Å². The van der Waals surface area contributed by atoms with E-state index >= 15 is 0 Å². The highest BCUT2D eigenvalue weighted by Crippen LogP contribution is 2.50. The monoisotopic (exact) mass is 424 g/mol. The summed E-state index contributed by atoms with van der Waals surface area (Å²) in [7, 11) is 0. The summed E-state index contributed by atoms with van der Waals surface area (Å²) in [5, 5.41) is 0. The number of carbonyl (C=O) groups excluding carboxylic acids is 4. The molecule has 2 fully saturated rings. The van der Waals surface area contributed by atoms with Gasteiger partial charge in [0, 0.05) is 26.3 Å². The standard InChI is InChI=1S/C21H28O9/c1-10-6-7-16(27-12(3)23)21(5)19(30-21)18(28-13(4)24)17-14(9-26-11(2)22)20(25)29-15(17)8-10/h10,15-16,18-19H,6-9H2,1-5H3. The summed E-state index contributed by atoms with van der Waals surface area (Å²) in [5.74, 6) is -1.99. The summed E-state index contributed by atoms with van der Waals surface area (Å²) >= 11 is 0. The van der Waals surface area contributed by atoms with E-state index < -0.39 is 53.9 Å². The lowest BCUT2D eigenvalue weighted by molar-refractivity contribution is -0.151. The minimum absolute atomic E-state index is 0.126. The van der Waals surface area contributed by atoms with Gasteiger partial charge in [0.15, 0.2) is 6.10 Å². The minimum Gasteiger partial charge on any atom is -0.461 e. The zero-order valence-electron chi connectivity index (χ0n) is 17.9. The Morgan fingerprint density at radius 1 is 1.07 bits per heavy atom. The summed E-state index contributed by atoms with van der Waals surface area (Å²) in [6.45, 7) is 7.38. The van der Waals surface area contributed by atoms with Crippen molar-refractivity contribution in [3.63, 3.8) is 0 Å². The van der Waals surface area contributed by atoms with Crippen molar-refractivity contribution < 1.29 is 42.9 Å². The summed E-state index contributed by atoms with van der Waals surface area (Å²) in [4.78, 5) is 47.4. The molecule has 30 heavy (non-hydrogen) atoms. The van der Waals surface area contributed by atoms with E-state index in [-0.39, 0.29) is 18.1 Å². The normalized spacial score (nSPS) is 35.5. The fourth-order valence-corrected chi connectivity index (χ4v) is 4.33. The maximum atomic E-state index is 12.6. The second-order valence-electron chi connectivity index (χ2n) is 8.38. The highest BCUT2D eigenvalue weighted by Gasteiger charge is 2.65. The molecule has 3 rings (SSSR count). The number of rotatable bonds is 4. The van der Waals surface area contributed by atoms with Gasteiger partial charge in [-0.15, -0.1) is 0 Å². The highest BCUT2D eigenvalue weighted by molar-refractivity contribution is 5.93. The van der Waals surface area contributed by atoms with Gasteiger partial charge in [0.1, 0.15) is 30.5 Å². The van der Waals surface area contributed by atoms with Gasteiger partial charge < -0.3 is 23.7 Å². The molecule has 166 valence electrons. The Bertz CT molecular complexity index is 785. The number of esters is 4. The van der Waals surface area contributed by atoms with Crippen LogP contribution < -0.4 is 0 Å². The van der Waals surface area contributed by atoms with Crippen molar-refractivity contribution in [2.45, 2.75) is 83.9 Å². The van der Waals surface area contributed by atoms with Gasteiger partial charge in [-0.3, -0.25) is 14.4 Å². The Labute approximate surface area is 175 Å². The van der Waals surface area contributed by atoms with Gasteiger partial charge in [-0.25, -0.2) is 4.79 Å². The first-order valence-electron chi connectivity index (χ1n) is 10.1. The number of hydrogen-bond acceptors (Lipinski definition) is 9. The molecule has 1 saturated heterocycles. The number of fused-ring (bicyclic) bond motifs is 2. The molecule has 2 heterocycles. The Morgan fingerprint density at radius 3 is 2.33 bits per heavy atom. The lowest BCUT2D eigenvalue weighted by atomic mass is 9.82. The minimum atomic E-state index is -0.919. The number of ether oxygens (including phenoxy) is 5. The van der Waals surface area contributed by atoms with Crippen molar-refractivity contribution in [1.82, 2.24) is 0 Å². The third kappa shape index (κ3) is 4.50. The third-order valence-electron chi connectivity index (χ3n) is 5.86. The highest BCUT2D eigenvalue weighted by atomic mass is 16.7. The van der Waals surface area contributed by atoms with Gasteiger partial charge in [-0.05, 0) is 32.1 Å². The zero-order valence-corrected chi connectivity index (χ0v) is 17.9. The van der Waals surface area contributed by atoms with Crippen LogP contribution in [0.3, 0.4) is 0 Å². The zero-order chi connectivity index (χ0) is 22.2. The molecule has 0 aromatic carbocycles. The molecule has 0 amide bonds. The van der Waals surface area contributed by atoms with Crippen molar-refractivity contribution in [3.05, 3.63) is 11.1 Å². The lowest BCUT2D eigenvalue weighted by Crippen LogP contribution is -2.41. The van der Waals surface area contributed by atoms with Crippen LogP contribution in [0.2, 0.25) is 0 Å². The van der Waals surface area contributed by atoms with E-state index in [4.69, 9.17) is 23.7 Å². The van der Waals surface area contributed by atoms with Gasteiger partial charge in [0.2, 0.25) is 0 Å². The van der Waals surface area contributed by atoms with E-state index in [2.05, 4.69) is 0 Å². The van der Waals surface area contributed by atoms with Crippen molar-refractivity contribution in [3.8, 4) is 0 Å². The smallest absolute Gasteiger partial charge is 0.338 e. The quantitative estimate of drug-likeness (QED) is 0.377. The predicted octanol–water partition coefficient (Wildman–Crippen LogP) is 1.61. The molecule has 0 aromatic heterocycles. The average molecular weight is 424 g/mol. The summed E-state index contributed by atoms with van der Waals surface area (Å²) in [5.41, 5.74) is -0.255. The molecule has 9 heteroatoms. The van der Waals surface area contributed by atoms with Crippen LogP contribution in [0.1, 0.15) is 53.9 Å². The molecule has 0 bridgehead atoms. The van der Waals surface area contributed by atoms with E-state index in [1.54, 1.807) is 6.92 Å². The van der Waals surface area contributed by atoms with Crippen molar-refractivity contribution in [2.75, 3.05) is 6.61 Å². The van der Waals surface area contributed by atoms with E-state index in [0.29, 0.717) is 18.4 Å². The van der Waals surface area contributed by atoms with Crippen LogP contribution in [0, 0.1) is 5.92 Å². The SMILES string of the molecule is CC(=O)OCC1=C2C(CC(C)CCC(OC(C)=O)C3(C)OC3C2OC(C)=O)OC1=O. The molecule has 2 aliphatic heterocycles. The van der Waals surface area contributed by atoms with Gasteiger partial charge >= 0.3 is 23.9 Å². The fourth-order valence-electron chi connectivity index (χ4n) is 4.33. The summed E-state index contributed by atoms with van der Waals surface area (Å²) in [6.07, 6.45) is -0.883. The molecule has 0 N–H and O–H groups in total. The first kappa shape index (κ1) is 22.3. The van der Waals surface area contributed by atoms with Gasteiger partial charge in [0.25, 0.3) is 0 Å². The van der Waals surface area contributed by atoms with Gasteiger partial charge in [-0.2, -0.15) is 0 Å². The Balaban J connectivity index is 2.04. The Kier molecular flexibility index (Phi) is 6.21. The molecule has 1 aliphatic carbocycles. The second kappa shape index (κ2) is 8.37. The molecule has 6 unspecified atom stereocenters. The first-order valence-corrected chi connectivity index (χ1v) is 10.1. The van der Waals surface area contributed by atoms with Crippen LogP contribution in [0.15, 0.2) is 11.1 Å². The molecule has 1 saturated carbocycles. The largest absolute Gasteiger partial charge is 0.461 e. The fraction of sp³-hybridized carbons (Fsp3) is 0.714. The van der Waals surface area contributed by atoms with Crippen molar-refractivity contribution in [2.24, 2.45) is 5.92 Å². The predicted molar refractivity (Wildman–Crippen MR) is 101 cm³/mol. The Morgan fingerprint density at radius 2 is 1.73 bits per heavy atom. The molecule has 0 radical (unpaired) electrons. The van der Waals surface area contributed by atoms with Crippen molar-refractivity contribution >= 4 is 23.9 Å². The lowest BCUT2D eigenvalue weighted by Gasteiger charge is -2.29. The summed E-state index contributed by atoms with van der Waals surface area (Å²) < 4.78 is 27.7. The first-order chi connectivity index (χ1) is 14.0. The van der Waals surface area contributed by atoms with Gasteiger partial charge in [0.05, 0.1) is 5.57 Å². The molecule has 0 aromatic rings. The molecular weight excluding hydrogens is 396 g/mol. The second-order valence-corrected chi connectivity index (χ2v) is 8.38. The van der Waals surface area contributed by atoms with Crippen LogP contribution >= 0.6 is 0 Å². The van der Waals surface area contributed by atoms with Crippen LogP contribution in [-0.4, -0.2) is 60.5 Å². The molecule has 0 spiro atoms. The molecule has 6 atom stereocenters. The maximum absolute atomic E-state index is 12.6. The van der Waals surface area contributed by atoms with Crippen LogP contribution in [0.4, 0.5) is 0 Å². The maximum Gasteiger partial charge on any atom is 0.338 e.